The fraction of sp³-hybridized carbons (Fsp3) is 0.389. The monoisotopic (exact) mass is 375 g/mol. The molecule has 1 saturated heterocycles. The Morgan fingerprint density at radius 3 is 2.65 bits per heavy atom. The summed E-state index contributed by atoms with van der Waals surface area (Å²) in [6.07, 6.45) is 1.66. The second-order valence-corrected chi connectivity index (χ2v) is 6.83. The molecule has 1 aromatic carbocycles. The first-order valence-corrected chi connectivity index (χ1v) is 8.88. The number of nitrogens with one attached hydrogen (secondary N) is 1. The Labute approximate surface area is 157 Å². The summed E-state index contributed by atoms with van der Waals surface area (Å²) in [7, 11) is 3.81. The number of hydrogen-bond donors (Lipinski definition) is 1. The molecule has 1 aliphatic heterocycles. The lowest BCUT2D eigenvalue weighted by atomic mass is 10.1. The maximum Gasteiger partial charge on any atom is 0.321 e. The third-order valence-corrected chi connectivity index (χ3v) is 4.38. The van der Waals surface area contributed by atoms with Crippen LogP contribution in [-0.2, 0) is 0 Å². The fourth-order valence-electron chi connectivity index (χ4n) is 2.74. The van der Waals surface area contributed by atoms with Gasteiger partial charge in [0.2, 0.25) is 5.88 Å². The number of nitrogens with zero attached hydrogens (tertiary/aromatic N) is 4. The van der Waals surface area contributed by atoms with E-state index in [2.05, 4.69) is 15.5 Å². The van der Waals surface area contributed by atoms with Gasteiger partial charge in [-0.1, -0.05) is 11.6 Å². The average molecular weight is 376 g/mol. The smallest absolute Gasteiger partial charge is 0.321 e. The Morgan fingerprint density at radius 1 is 1.23 bits per heavy atom. The maximum absolute atomic E-state index is 12.5. The molecule has 2 amide bonds. The van der Waals surface area contributed by atoms with E-state index in [1.54, 1.807) is 35.2 Å². The van der Waals surface area contributed by atoms with Crippen molar-refractivity contribution in [2.45, 2.75) is 18.9 Å². The van der Waals surface area contributed by atoms with Crippen LogP contribution in [0.25, 0.3) is 0 Å². The van der Waals surface area contributed by atoms with Crippen molar-refractivity contribution < 1.29 is 9.53 Å². The van der Waals surface area contributed by atoms with Crippen LogP contribution in [0.5, 0.6) is 5.88 Å². The summed E-state index contributed by atoms with van der Waals surface area (Å²) in [5.74, 6) is 1.24. The molecule has 0 bridgehead atoms. The number of amides is 2. The van der Waals surface area contributed by atoms with Crippen molar-refractivity contribution in [1.29, 1.82) is 0 Å². The van der Waals surface area contributed by atoms with E-state index in [4.69, 9.17) is 16.3 Å². The summed E-state index contributed by atoms with van der Waals surface area (Å²) in [5.41, 5.74) is 0.715. The highest BCUT2D eigenvalue weighted by Gasteiger charge is 2.25. The number of carbonyl (C=O) groups excluding carboxylic acids is 1. The van der Waals surface area contributed by atoms with Crippen molar-refractivity contribution >= 4 is 29.1 Å². The number of piperidine rings is 1. The second kappa shape index (κ2) is 8.23. The van der Waals surface area contributed by atoms with Crippen molar-refractivity contribution in [2.75, 3.05) is 37.4 Å². The van der Waals surface area contributed by atoms with Gasteiger partial charge in [-0.05, 0) is 43.2 Å². The number of aromatic nitrogens is 2. The Kier molecular flexibility index (Phi) is 5.78. The summed E-state index contributed by atoms with van der Waals surface area (Å²) in [6, 6.07) is 10.6. The maximum atomic E-state index is 12.5. The van der Waals surface area contributed by atoms with Crippen molar-refractivity contribution in [2.24, 2.45) is 0 Å². The molecule has 8 heteroatoms. The highest BCUT2D eigenvalue weighted by atomic mass is 35.5. The van der Waals surface area contributed by atoms with E-state index in [-0.39, 0.29) is 12.1 Å². The standard InChI is InChI=1S/C18H22ClN5O2/c1-23(2)16-9-10-17(22-21-16)26-15-4-3-11-24(12-15)18(25)20-14-7-5-13(19)6-8-14/h5-10,15H,3-4,11-12H2,1-2H3,(H,20,25). The number of likely N-dealkylation sites (tertiary alicyclic amines) is 1. The minimum absolute atomic E-state index is 0.0979. The van der Waals surface area contributed by atoms with E-state index in [0.717, 1.165) is 18.7 Å². The van der Waals surface area contributed by atoms with Crippen LogP contribution < -0.4 is 15.0 Å². The van der Waals surface area contributed by atoms with Crippen LogP contribution in [0.3, 0.4) is 0 Å². The molecule has 1 atom stereocenters. The van der Waals surface area contributed by atoms with Gasteiger partial charge >= 0.3 is 6.03 Å². The van der Waals surface area contributed by atoms with Crippen molar-refractivity contribution in [1.82, 2.24) is 15.1 Å². The molecule has 7 nitrogen and oxygen atoms in total. The summed E-state index contributed by atoms with van der Waals surface area (Å²) < 4.78 is 5.91. The molecule has 138 valence electrons. The zero-order valence-corrected chi connectivity index (χ0v) is 15.6. The Hall–Kier alpha value is -2.54. The lowest BCUT2D eigenvalue weighted by Crippen LogP contribution is -2.46. The van der Waals surface area contributed by atoms with Gasteiger partial charge in [0, 0.05) is 37.4 Å². The number of rotatable bonds is 4. The van der Waals surface area contributed by atoms with Crippen LogP contribution in [0.15, 0.2) is 36.4 Å². The van der Waals surface area contributed by atoms with E-state index in [1.165, 1.54) is 0 Å². The molecule has 0 spiro atoms. The molecule has 2 aromatic rings. The number of hydrogen-bond acceptors (Lipinski definition) is 5. The Morgan fingerprint density at radius 2 is 2.00 bits per heavy atom. The largest absolute Gasteiger partial charge is 0.471 e. The van der Waals surface area contributed by atoms with E-state index in [9.17, 15) is 4.79 Å². The Bertz CT molecular complexity index is 736. The first-order valence-electron chi connectivity index (χ1n) is 8.50. The summed E-state index contributed by atoms with van der Waals surface area (Å²) in [4.78, 5) is 16.1. The summed E-state index contributed by atoms with van der Waals surface area (Å²) >= 11 is 5.87. The molecule has 26 heavy (non-hydrogen) atoms. The molecule has 0 radical (unpaired) electrons. The fourth-order valence-corrected chi connectivity index (χ4v) is 2.87. The van der Waals surface area contributed by atoms with Gasteiger partial charge in [0.05, 0.1) is 6.54 Å². The number of anilines is 2. The van der Waals surface area contributed by atoms with E-state index < -0.39 is 0 Å². The quantitative estimate of drug-likeness (QED) is 0.888. The highest BCUT2D eigenvalue weighted by molar-refractivity contribution is 6.30. The number of ether oxygens (including phenoxy) is 1. The van der Waals surface area contributed by atoms with Gasteiger partial charge < -0.3 is 19.9 Å². The molecule has 1 aromatic heterocycles. The molecular weight excluding hydrogens is 354 g/mol. The second-order valence-electron chi connectivity index (χ2n) is 6.39. The first-order chi connectivity index (χ1) is 12.5. The van der Waals surface area contributed by atoms with Crippen LogP contribution in [0.1, 0.15) is 12.8 Å². The predicted octanol–water partition coefficient (Wildman–Crippen LogP) is 3.27. The summed E-state index contributed by atoms with van der Waals surface area (Å²) in [6.45, 7) is 1.21. The van der Waals surface area contributed by atoms with Gasteiger partial charge in [0.15, 0.2) is 5.82 Å². The number of halogens is 1. The molecular formula is C18H22ClN5O2. The summed E-state index contributed by atoms with van der Waals surface area (Å²) in [5, 5.41) is 11.7. The van der Waals surface area contributed by atoms with Gasteiger partial charge in [0.1, 0.15) is 6.10 Å². The molecule has 1 N–H and O–H groups in total. The van der Waals surface area contributed by atoms with Gasteiger partial charge in [-0.2, -0.15) is 0 Å². The van der Waals surface area contributed by atoms with Crippen LogP contribution in [0, 0.1) is 0 Å². The molecule has 1 fully saturated rings. The van der Waals surface area contributed by atoms with E-state index in [1.807, 2.05) is 25.1 Å². The van der Waals surface area contributed by atoms with Gasteiger partial charge in [-0.25, -0.2) is 4.79 Å². The van der Waals surface area contributed by atoms with Crippen LogP contribution >= 0.6 is 11.6 Å². The van der Waals surface area contributed by atoms with Gasteiger partial charge in [0.25, 0.3) is 0 Å². The topological polar surface area (TPSA) is 70.6 Å². The van der Waals surface area contributed by atoms with Crippen molar-refractivity contribution in [3.8, 4) is 5.88 Å². The SMILES string of the molecule is CN(C)c1ccc(OC2CCCN(C(=O)Nc3ccc(Cl)cc3)C2)nn1. The van der Waals surface area contributed by atoms with Gasteiger partial charge in [-0.15, -0.1) is 10.2 Å². The minimum Gasteiger partial charge on any atom is -0.471 e. The average Bonchev–Trinajstić information content (AvgIpc) is 2.64. The van der Waals surface area contributed by atoms with E-state index in [0.29, 0.717) is 29.7 Å². The minimum atomic E-state index is -0.144. The van der Waals surface area contributed by atoms with Crippen LogP contribution in [-0.4, -0.2) is 54.4 Å². The first kappa shape index (κ1) is 18.3. The zero-order valence-electron chi connectivity index (χ0n) is 14.9. The van der Waals surface area contributed by atoms with E-state index >= 15 is 0 Å². The predicted molar refractivity (Wildman–Crippen MR) is 102 cm³/mol. The van der Waals surface area contributed by atoms with Gasteiger partial charge in [-0.3, -0.25) is 0 Å². The molecule has 1 unspecified atom stereocenters. The third kappa shape index (κ3) is 4.76. The lowest BCUT2D eigenvalue weighted by molar-refractivity contribution is 0.102. The molecule has 0 aliphatic carbocycles. The zero-order chi connectivity index (χ0) is 18.5. The van der Waals surface area contributed by atoms with Crippen LogP contribution in [0.2, 0.25) is 5.02 Å². The molecule has 0 saturated carbocycles. The third-order valence-electron chi connectivity index (χ3n) is 4.13. The van der Waals surface area contributed by atoms with Crippen molar-refractivity contribution in [3.63, 3.8) is 0 Å². The Balaban J connectivity index is 1.56. The number of urea groups is 1. The number of carbonyl (C=O) groups is 1. The van der Waals surface area contributed by atoms with Crippen LogP contribution in [0.4, 0.5) is 16.3 Å². The normalized spacial score (nSPS) is 16.9. The molecule has 2 heterocycles. The molecule has 1 aliphatic rings. The van der Waals surface area contributed by atoms with Crippen molar-refractivity contribution in [3.05, 3.63) is 41.4 Å². The lowest BCUT2D eigenvalue weighted by Gasteiger charge is -2.32. The highest BCUT2D eigenvalue weighted by Crippen LogP contribution is 2.19. The number of benzene rings is 1. The molecule has 3 rings (SSSR count).